The Morgan fingerprint density at radius 1 is 1.04 bits per heavy atom. The van der Waals surface area contributed by atoms with Crippen LogP contribution in [0.1, 0.15) is 15.9 Å². The van der Waals surface area contributed by atoms with Crippen LogP contribution in [0.15, 0.2) is 72.1 Å². The van der Waals surface area contributed by atoms with E-state index >= 15 is 0 Å². The second kappa shape index (κ2) is 7.71. The summed E-state index contributed by atoms with van der Waals surface area (Å²) in [4.78, 5) is 11.9. The van der Waals surface area contributed by atoms with Crippen molar-refractivity contribution in [2.24, 2.45) is 0 Å². The van der Waals surface area contributed by atoms with Crippen LogP contribution in [0.4, 0.5) is 0 Å². The van der Waals surface area contributed by atoms with Crippen LogP contribution >= 0.6 is 0 Å². The maximum atomic E-state index is 12.2. The molecule has 0 bridgehead atoms. The number of rotatable bonds is 7. The lowest BCUT2D eigenvalue weighted by Crippen LogP contribution is -2.24. The number of sulfonamides is 1. The third-order valence-corrected chi connectivity index (χ3v) is 4.56. The summed E-state index contributed by atoms with van der Waals surface area (Å²) in [7, 11) is -3.62. The molecule has 0 spiro atoms. The molecule has 2 aromatic rings. The van der Waals surface area contributed by atoms with Gasteiger partial charge in [0.25, 0.3) is 5.91 Å². The minimum Gasteiger partial charge on any atom is -0.349 e. The first-order valence-electron chi connectivity index (χ1n) is 7.05. The van der Waals surface area contributed by atoms with Gasteiger partial charge in [-0.25, -0.2) is 13.1 Å². The van der Waals surface area contributed by atoms with Gasteiger partial charge >= 0.3 is 0 Å². The molecule has 23 heavy (non-hydrogen) atoms. The molecule has 0 aliphatic carbocycles. The van der Waals surface area contributed by atoms with E-state index in [4.69, 9.17) is 0 Å². The Kier molecular flexibility index (Phi) is 5.67. The Bertz CT molecular complexity index is 769. The van der Waals surface area contributed by atoms with Crippen molar-refractivity contribution in [1.82, 2.24) is 10.0 Å². The van der Waals surface area contributed by atoms with E-state index in [2.05, 4.69) is 16.6 Å². The van der Waals surface area contributed by atoms with E-state index < -0.39 is 10.0 Å². The lowest BCUT2D eigenvalue weighted by atomic mass is 10.2. The fourth-order valence-corrected chi connectivity index (χ4v) is 2.93. The van der Waals surface area contributed by atoms with Crippen molar-refractivity contribution in [3.8, 4) is 0 Å². The normalized spacial score (nSPS) is 11.0. The number of hydrogen-bond acceptors (Lipinski definition) is 3. The molecule has 0 saturated heterocycles. The van der Waals surface area contributed by atoms with Crippen molar-refractivity contribution in [2.75, 3.05) is 6.54 Å². The van der Waals surface area contributed by atoms with Gasteiger partial charge in [0.05, 0.1) is 4.90 Å². The largest absolute Gasteiger partial charge is 0.349 e. The molecule has 2 aromatic carbocycles. The van der Waals surface area contributed by atoms with Crippen molar-refractivity contribution in [1.29, 1.82) is 0 Å². The topological polar surface area (TPSA) is 75.3 Å². The molecule has 0 atom stereocenters. The summed E-state index contributed by atoms with van der Waals surface area (Å²) < 4.78 is 27.0. The summed E-state index contributed by atoms with van der Waals surface area (Å²) >= 11 is 0. The van der Waals surface area contributed by atoms with Crippen LogP contribution in [-0.2, 0) is 16.6 Å². The minimum atomic E-state index is -3.62. The van der Waals surface area contributed by atoms with E-state index in [-0.39, 0.29) is 17.3 Å². The Morgan fingerprint density at radius 2 is 1.70 bits per heavy atom. The van der Waals surface area contributed by atoms with Crippen molar-refractivity contribution in [3.63, 3.8) is 0 Å². The molecule has 5 nitrogen and oxygen atoms in total. The van der Waals surface area contributed by atoms with Crippen molar-refractivity contribution in [2.45, 2.75) is 11.4 Å². The molecule has 0 unspecified atom stereocenters. The number of benzene rings is 2. The summed E-state index contributed by atoms with van der Waals surface area (Å²) in [6, 6.07) is 15.0. The Balaban J connectivity index is 2.05. The smallest absolute Gasteiger partial charge is 0.251 e. The molecule has 2 N–H and O–H groups in total. The summed E-state index contributed by atoms with van der Waals surface area (Å²) in [5, 5.41) is 2.63. The first kappa shape index (κ1) is 16.9. The number of carbonyl (C=O) groups is 1. The predicted molar refractivity (Wildman–Crippen MR) is 89.4 cm³/mol. The number of amides is 1. The number of hydrogen-bond donors (Lipinski definition) is 2. The molecule has 2 rings (SSSR count). The van der Waals surface area contributed by atoms with E-state index in [1.54, 1.807) is 6.08 Å². The van der Waals surface area contributed by atoms with Gasteiger partial charge in [0.2, 0.25) is 10.0 Å². The standard InChI is InChI=1S/C17H18N2O3S/c1-2-12-18-17(20)15-8-10-16(11-9-15)23(21,22)19-13-14-6-4-3-5-7-14/h2-11,19H,1,12-13H2,(H,18,20). The monoisotopic (exact) mass is 330 g/mol. The first-order chi connectivity index (χ1) is 11.0. The SMILES string of the molecule is C=CCNC(=O)c1ccc(S(=O)(=O)NCc2ccccc2)cc1. The number of carbonyl (C=O) groups excluding carboxylic acids is 1. The highest BCUT2D eigenvalue weighted by molar-refractivity contribution is 7.89. The molecule has 0 fully saturated rings. The molecule has 1 amide bonds. The van der Waals surface area contributed by atoms with E-state index in [1.807, 2.05) is 30.3 Å². The highest BCUT2D eigenvalue weighted by Gasteiger charge is 2.14. The second-order valence-electron chi connectivity index (χ2n) is 4.83. The van der Waals surface area contributed by atoms with Crippen LogP contribution in [0.25, 0.3) is 0 Å². The van der Waals surface area contributed by atoms with E-state index in [0.717, 1.165) is 5.56 Å². The van der Waals surface area contributed by atoms with Crippen molar-refractivity contribution >= 4 is 15.9 Å². The van der Waals surface area contributed by atoms with Gasteiger partial charge in [-0.15, -0.1) is 6.58 Å². The number of nitrogens with one attached hydrogen (secondary N) is 2. The van der Waals surface area contributed by atoms with Gasteiger partial charge < -0.3 is 5.32 Å². The molecule has 0 aliphatic heterocycles. The third-order valence-electron chi connectivity index (χ3n) is 3.14. The molecule has 0 saturated carbocycles. The van der Waals surface area contributed by atoms with Gasteiger partial charge in [-0.05, 0) is 29.8 Å². The van der Waals surface area contributed by atoms with Crippen LogP contribution in [-0.4, -0.2) is 20.9 Å². The zero-order chi connectivity index (χ0) is 16.7. The molecular weight excluding hydrogens is 312 g/mol. The van der Waals surface area contributed by atoms with Crippen LogP contribution < -0.4 is 10.0 Å². The van der Waals surface area contributed by atoms with Crippen LogP contribution in [0.2, 0.25) is 0 Å². The molecule has 0 aliphatic rings. The minimum absolute atomic E-state index is 0.119. The predicted octanol–water partition coefficient (Wildman–Crippen LogP) is 2.08. The average molecular weight is 330 g/mol. The maximum absolute atomic E-state index is 12.2. The zero-order valence-corrected chi connectivity index (χ0v) is 13.3. The van der Waals surface area contributed by atoms with Crippen LogP contribution in [0.5, 0.6) is 0 Å². The molecule has 120 valence electrons. The molecule has 0 radical (unpaired) electrons. The quantitative estimate of drug-likeness (QED) is 0.763. The van der Waals surface area contributed by atoms with Crippen LogP contribution in [0.3, 0.4) is 0 Å². The van der Waals surface area contributed by atoms with Crippen LogP contribution in [0, 0.1) is 0 Å². The fraction of sp³-hybridized carbons (Fsp3) is 0.118. The average Bonchev–Trinajstić information content (AvgIpc) is 2.59. The van der Waals surface area contributed by atoms with E-state index in [1.165, 1.54) is 24.3 Å². The van der Waals surface area contributed by atoms with Gasteiger partial charge in [-0.1, -0.05) is 36.4 Å². The molecule has 6 heteroatoms. The van der Waals surface area contributed by atoms with Crippen molar-refractivity contribution < 1.29 is 13.2 Å². The third kappa shape index (κ3) is 4.77. The van der Waals surface area contributed by atoms with E-state index in [9.17, 15) is 13.2 Å². The first-order valence-corrected chi connectivity index (χ1v) is 8.54. The van der Waals surface area contributed by atoms with Gasteiger partial charge in [0.1, 0.15) is 0 Å². The maximum Gasteiger partial charge on any atom is 0.251 e. The van der Waals surface area contributed by atoms with E-state index in [0.29, 0.717) is 12.1 Å². The fourth-order valence-electron chi connectivity index (χ4n) is 1.91. The van der Waals surface area contributed by atoms with Crippen molar-refractivity contribution in [3.05, 3.63) is 78.4 Å². The molecule has 0 heterocycles. The van der Waals surface area contributed by atoms with Gasteiger partial charge in [0.15, 0.2) is 0 Å². The van der Waals surface area contributed by atoms with Gasteiger partial charge in [0, 0.05) is 18.7 Å². The Hall–Kier alpha value is -2.44. The highest BCUT2D eigenvalue weighted by Crippen LogP contribution is 2.11. The molecular formula is C17H18N2O3S. The Labute approximate surface area is 136 Å². The second-order valence-corrected chi connectivity index (χ2v) is 6.60. The van der Waals surface area contributed by atoms with Gasteiger partial charge in [-0.2, -0.15) is 0 Å². The summed E-state index contributed by atoms with van der Waals surface area (Å²) in [6.07, 6.45) is 1.57. The highest BCUT2D eigenvalue weighted by atomic mass is 32.2. The zero-order valence-electron chi connectivity index (χ0n) is 12.5. The summed E-state index contributed by atoms with van der Waals surface area (Å²) in [6.45, 7) is 4.09. The summed E-state index contributed by atoms with van der Waals surface area (Å²) in [5.41, 5.74) is 1.27. The van der Waals surface area contributed by atoms with Gasteiger partial charge in [-0.3, -0.25) is 4.79 Å². The summed E-state index contributed by atoms with van der Waals surface area (Å²) in [5.74, 6) is -0.272. The lowest BCUT2D eigenvalue weighted by Gasteiger charge is -2.08. The molecule has 0 aromatic heterocycles. The Morgan fingerprint density at radius 3 is 2.30 bits per heavy atom. The lowest BCUT2D eigenvalue weighted by molar-refractivity contribution is 0.0958.